The number of nitrogens with one attached hydrogen (secondary N) is 1. The molecule has 6 heteroatoms. The number of anilines is 1. The maximum Gasteiger partial charge on any atom is 0.313 e. The maximum absolute atomic E-state index is 12.5. The largest absolute Gasteiger partial charge is 0.492 e. The van der Waals surface area contributed by atoms with Crippen LogP contribution in [0.5, 0.6) is 5.75 Å². The van der Waals surface area contributed by atoms with Gasteiger partial charge in [-0.2, -0.15) is 0 Å². The van der Waals surface area contributed by atoms with Crippen molar-refractivity contribution in [3.8, 4) is 5.75 Å². The molecule has 148 valence electrons. The maximum atomic E-state index is 12.5. The van der Waals surface area contributed by atoms with E-state index in [2.05, 4.69) is 5.32 Å². The van der Waals surface area contributed by atoms with Crippen molar-refractivity contribution in [2.45, 2.75) is 40.2 Å². The van der Waals surface area contributed by atoms with Gasteiger partial charge in [0.2, 0.25) is 0 Å². The van der Waals surface area contributed by atoms with Crippen molar-refractivity contribution in [3.63, 3.8) is 0 Å². The number of amides is 1. The number of ether oxygens (including phenoxy) is 2. The highest BCUT2D eigenvalue weighted by Crippen LogP contribution is 2.30. The second kappa shape index (κ2) is 8.23. The average molecular weight is 402 g/mol. The van der Waals surface area contributed by atoms with Gasteiger partial charge in [0.25, 0.3) is 5.91 Å². The zero-order chi connectivity index (χ0) is 20.4. The van der Waals surface area contributed by atoms with Crippen molar-refractivity contribution in [3.05, 3.63) is 57.6 Å². The summed E-state index contributed by atoms with van der Waals surface area (Å²) in [5.74, 6) is -0.553. The lowest BCUT2D eigenvalue weighted by Gasteiger charge is -2.25. The minimum Gasteiger partial charge on any atom is -0.492 e. The molecule has 0 saturated carbocycles. The lowest BCUT2D eigenvalue weighted by atomic mass is 9.97. The van der Waals surface area contributed by atoms with Gasteiger partial charge >= 0.3 is 5.97 Å². The number of fused-ring (bicyclic) bond motifs is 1. The van der Waals surface area contributed by atoms with Crippen LogP contribution >= 0.6 is 11.6 Å². The fourth-order valence-corrected chi connectivity index (χ4v) is 3.64. The highest BCUT2D eigenvalue weighted by atomic mass is 35.5. The molecule has 1 aliphatic rings. The van der Waals surface area contributed by atoms with Crippen molar-refractivity contribution < 1.29 is 19.1 Å². The van der Waals surface area contributed by atoms with Gasteiger partial charge < -0.3 is 14.8 Å². The molecule has 1 aliphatic heterocycles. The van der Waals surface area contributed by atoms with Crippen molar-refractivity contribution in [2.24, 2.45) is 5.92 Å². The number of esters is 1. The Morgan fingerprint density at radius 2 is 1.86 bits per heavy atom. The molecule has 0 saturated heterocycles. The van der Waals surface area contributed by atoms with E-state index in [1.807, 2.05) is 32.9 Å². The topological polar surface area (TPSA) is 64.6 Å². The molecule has 2 aromatic rings. The molecular formula is C22H24ClNO4. The van der Waals surface area contributed by atoms with Gasteiger partial charge in [-0.1, -0.05) is 29.3 Å². The lowest BCUT2D eigenvalue weighted by molar-refractivity contribution is -0.158. The Morgan fingerprint density at radius 3 is 2.54 bits per heavy atom. The van der Waals surface area contributed by atoms with Gasteiger partial charge in [-0.05, 0) is 69.0 Å². The van der Waals surface area contributed by atoms with E-state index in [0.717, 1.165) is 33.7 Å². The van der Waals surface area contributed by atoms with Crippen LogP contribution in [0.15, 0.2) is 30.3 Å². The van der Waals surface area contributed by atoms with Crippen LogP contribution in [0.4, 0.5) is 5.69 Å². The fraction of sp³-hybridized carbons (Fsp3) is 0.364. The molecule has 0 fully saturated rings. The molecule has 1 N–H and O–H groups in total. The van der Waals surface area contributed by atoms with E-state index in [0.29, 0.717) is 11.4 Å². The third kappa shape index (κ3) is 4.47. The summed E-state index contributed by atoms with van der Waals surface area (Å²) in [7, 11) is 0. The molecule has 1 amide bonds. The highest BCUT2D eigenvalue weighted by Gasteiger charge is 2.30. The standard InChI is InChI=1S/C22H24ClNO4/c1-12-7-13(2)20(14(3)8-12)24-21(25)15(4)28-22(26)17-9-16-10-18(23)5-6-19(16)27-11-17/h5-8,10,15,17H,9,11H2,1-4H3,(H,24,25)/t15-,17+/m0/s1. The summed E-state index contributed by atoms with van der Waals surface area (Å²) >= 11 is 6.02. The molecule has 0 aromatic heterocycles. The van der Waals surface area contributed by atoms with Gasteiger partial charge in [0.1, 0.15) is 12.4 Å². The molecule has 5 nitrogen and oxygen atoms in total. The van der Waals surface area contributed by atoms with Crippen LogP contribution < -0.4 is 10.1 Å². The summed E-state index contributed by atoms with van der Waals surface area (Å²) in [6.07, 6.45) is -0.437. The molecule has 3 rings (SSSR count). The molecule has 0 radical (unpaired) electrons. The summed E-state index contributed by atoms with van der Waals surface area (Å²) in [5, 5.41) is 3.46. The van der Waals surface area contributed by atoms with E-state index in [-0.39, 0.29) is 12.5 Å². The summed E-state index contributed by atoms with van der Waals surface area (Å²) < 4.78 is 11.0. The first-order valence-electron chi connectivity index (χ1n) is 9.25. The molecule has 0 spiro atoms. The van der Waals surface area contributed by atoms with Gasteiger partial charge in [-0.15, -0.1) is 0 Å². The van der Waals surface area contributed by atoms with Crippen molar-refractivity contribution in [1.82, 2.24) is 0 Å². The first-order valence-corrected chi connectivity index (χ1v) is 9.63. The smallest absolute Gasteiger partial charge is 0.313 e. The van der Waals surface area contributed by atoms with E-state index in [4.69, 9.17) is 21.1 Å². The summed E-state index contributed by atoms with van der Waals surface area (Å²) in [4.78, 5) is 25.0. The summed E-state index contributed by atoms with van der Waals surface area (Å²) in [6.45, 7) is 7.68. The number of carbonyl (C=O) groups is 2. The van der Waals surface area contributed by atoms with E-state index >= 15 is 0 Å². The lowest BCUT2D eigenvalue weighted by Crippen LogP contribution is -2.36. The SMILES string of the molecule is Cc1cc(C)c(NC(=O)[C@H](C)OC(=O)[C@H]2COc3ccc(Cl)cc3C2)c(C)c1. The van der Waals surface area contributed by atoms with Gasteiger partial charge in [0.05, 0.1) is 5.92 Å². The highest BCUT2D eigenvalue weighted by molar-refractivity contribution is 6.30. The Morgan fingerprint density at radius 1 is 1.18 bits per heavy atom. The predicted molar refractivity (Wildman–Crippen MR) is 109 cm³/mol. The van der Waals surface area contributed by atoms with Gasteiger partial charge in [-0.25, -0.2) is 0 Å². The second-order valence-corrected chi connectivity index (χ2v) is 7.74. The number of hydrogen-bond acceptors (Lipinski definition) is 4. The first kappa shape index (κ1) is 20.2. The van der Waals surface area contributed by atoms with Crippen LogP contribution in [0.1, 0.15) is 29.2 Å². The number of aryl methyl sites for hydroxylation is 3. The first-order chi connectivity index (χ1) is 13.2. The minimum absolute atomic E-state index is 0.220. The van der Waals surface area contributed by atoms with Gasteiger partial charge in [0.15, 0.2) is 6.10 Å². The molecule has 0 bridgehead atoms. The quantitative estimate of drug-likeness (QED) is 0.772. The molecule has 2 aromatic carbocycles. The van der Waals surface area contributed by atoms with Crippen molar-refractivity contribution >= 4 is 29.2 Å². The molecule has 1 heterocycles. The van der Waals surface area contributed by atoms with E-state index in [1.165, 1.54) is 0 Å². The summed E-state index contributed by atoms with van der Waals surface area (Å²) in [6, 6.07) is 9.33. The Labute approximate surface area is 170 Å². The number of benzene rings is 2. The van der Waals surface area contributed by atoms with Crippen molar-refractivity contribution in [2.75, 3.05) is 11.9 Å². The predicted octanol–water partition coefficient (Wildman–Crippen LogP) is 4.39. The van der Waals surface area contributed by atoms with Crippen LogP contribution in [-0.2, 0) is 20.7 Å². The van der Waals surface area contributed by atoms with E-state index in [9.17, 15) is 9.59 Å². The third-order valence-electron chi connectivity index (χ3n) is 4.85. The number of hydrogen-bond donors (Lipinski definition) is 1. The van der Waals surface area contributed by atoms with Gasteiger partial charge in [0, 0.05) is 10.7 Å². The molecular weight excluding hydrogens is 378 g/mol. The summed E-state index contributed by atoms with van der Waals surface area (Å²) in [5.41, 5.74) is 4.69. The molecule has 0 aliphatic carbocycles. The third-order valence-corrected chi connectivity index (χ3v) is 5.08. The van der Waals surface area contributed by atoms with Crippen molar-refractivity contribution in [1.29, 1.82) is 0 Å². The van der Waals surface area contributed by atoms with Crippen LogP contribution in [0.3, 0.4) is 0 Å². The second-order valence-electron chi connectivity index (χ2n) is 7.31. The fourth-order valence-electron chi connectivity index (χ4n) is 3.44. The van der Waals surface area contributed by atoms with Crippen LogP contribution in [-0.4, -0.2) is 24.6 Å². The molecule has 2 atom stereocenters. The van der Waals surface area contributed by atoms with E-state index < -0.39 is 18.0 Å². The van der Waals surface area contributed by atoms with Crippen LogP contribution in [0.2, 0.25) is 5.02 Å². The zero-order valence-electron chi connectivity index (χ0n) is 16.5. The minimum atomic E-state index is -0.909. The monoisotopic (exact) mass is 401 g/mol. The van der Waals surface area contributed by atoms with E-state index in [1.54, 1.807) is 25.1 Å². The number of rotatable bonds is 4. The van der Waals surface area contributed by atoms with Gasteiger partial charge in [-0.3, -0.25) is 9.59 Å². The average Bonchev–Trinajstić information content (AvgIpc) is 2.63. The Hall–Kier alpha value is -2.53. The normalized spacial score (nSPS) is 16.5. The number of carbonyl (C=O) groups excluding carboxylic acids is 2. The molecule has 28 heavy (non-hydrogen) atoms. The molecule has 0 unspecified atom stereocenters. The van der Waals surface area contributed by atoms with Crippen LogP contribution in [0.25, 0.3) is 0 Å². The Bertz CT molecular complexity index is 902. The Kier molecular flexibility index (Phi) is 5.94. The Balaban J connectivity index is 1.62. The number of halogens is 1. The van der Waals surface area contributed by atoms with Crippen LogP contribution in [0, 0.1) is 26.7 Å². The zero-order valence-corrected chi connectivity index (χ0v) is 17.2.